The molecule has 3 aliphatic rings. The van der Waals surface area contributed by atoms with Crippen LogP contribution in [0.2, 0.25) is 0 Å². The molecule has 33 nitrogen and oxygen atoms in total. The number of thioether (sulfide) groups is 2. The molecule has 2 saturated heterocycles. The fourth-order valence-electron chi connectivity index (χ4n) is 11.2. The molecule has 0 aliphatic carbocycles. The van der Waals surface area contributed by atoms with E-state index >= 15 is 0 Å². The Balaban J connectivity index is 1.11. The number of nitrogens with zero attached hydrogens (tertiary/aromatic N) is 5. The highest BCUT2D eigenvalue weighted by molar-refractivity contribution is 7.98. The first kappa shape index (κ1) is 87.6. The quantitative estimate of drug-likeness (QED) is 0.0346. The van der Waals surface area contributed by atoms with Crippen molar-refractivity contribution in [3.8, 4) is 0 Å². The molecule has 102 heavy (non-hydrogen) atoms. The van der Waals surface area contributed by atoms with Gasteiger partial charge in [-0.3, -0.25) is 82.1 Å². The molecule has 13 N–H and O–H groups in total. The molecule has 35 heteroatoms. The van der Waals surface area contributed by atoms with Crippen LogP contribution < -0.4 is 48.3 Å². The van der Waals surface area contributed by atoms with Gasteiger partial charge in [0.1, 0.15) is 29.7 Å². The molecule has 9 amide bonds. The van der Waals surface area contributed by atoms with E-state index in [9.17, 15) is 72.9 Å². The maximum absolute atomic E-state index is 14.3. The minimum atomic E-state index is -1.29. The van der Waals surface area contributed by atoms with Crippen LogP contribution in [0.25, 0.3) is 0 Å². The number of nitrogens with one attached hydrogen (secondary N) is 8. The number of hydrogen-bond donors (Lipinski definition) is 12. The van der Waals surface area contributed by atoms with Crippen molar-refractivity contribution in [2.45, 2.75) is 146 Å². The summed E-state index contributed by atoms with van der Waals surface area (Å²) in [5.74, 6) is -6.15. The molecule has 1 aromatic heterocycles. The number of amides is 9. The van der Waals surface area contributed by atoms with Crippen molar-refractivity contribution in [1.82, 2.24) is 67.1 Å². The molecule has 2 bridgehead atoms. The SMILES string of the molecule is CC[C@H](C)[C@@H]1NC(=O)[C@H](CC(C)C)NC(=O)C2(CCOCC2)NC(=O)CCSCc2cccc(n2)CSC[C@@H](C(=O)NCCCOCCOCCOCCCNC(=O)CCC(=O)N[C@@H](CCCCNC(=O)CN2CCN(CC(=O)O)CCN(CC(=O)O)CCN(CC(=O)O)CC2)C(N)=O)NC1=O. The molecule has 1 aromatic rings. The smallest absolute Gasteiger partial charge is 0.317 e. The molecule has 5 atom stereocenters. The zero-order valence-electron chi connectivity index (χ0n) is 59.8. The molecule has 2 fully saturated rings. The lowest BCUT2D eigenvalue weighted by Gasteiger charge is -2.38. The van der Waals surface area contributed by atoms with E-state index in [4.69, 9.17) is 29.7 Å². The average molecular weight is 1480 g/mol. The second kappa shape index (κ2) is 49.8. The summed E-state index contributed by atoms with van der Waals surface area (Å²) in [5, 5.41) is 51.2. The summed E-state index contributed by atoms with van der Waals surface area (Å²) in [6, 6.07) is 1.65. The van der Waals surface area contributed by atoms with E-state index in [0.29, 0.717) is 88.9 Å². The van der Waals surface area contributed by atoms with E-state index in [0.717, 1.165) is 11.4 Å². The second-order valence-corrected chi connectivity index (χ2v) is 28.2. The first-order valence-corrected chi connectivity index (χ1v) is 37.7. The number of fused-ring (bicyclic) bond motifs is 2. The van der Waals surface area contributed by atoms with E-state index in [1.165, 1.54) is 11.8 Å². The summed E-state index contributed by atoms with van der Waals surface area (Å²) in [5.41, 5.74) is 5.89. The number of carboxylic acid groups (broad SMARTS) is 3. The van der Waals surface area contributed by atoms with Gasteiger partial charge >= 0.3 is 17.9 Å². The Morgan fingerprint density at radius 2 is 1.16 bits per heavy atom. The minimum absolute atomic E-state index is 0.0251. The highest BCUT2D eigenvalue weighted by Crippen LogP contribution is 2.24. The van der Waals surface area contributed by atoms with Crippen molar-refractivity contribution in [3.05, 3.63) is 29.6 Å². The predicted octanol–water partition coefficient (Wildman–Crippen LogP) is -1.26. The van der Waals surface area contributed by atoms with Gasteiger partial charge in [-0.25, -0.2) is 0 Å². The van der Waals surface area contributed by atoms with Gasteiger partial charge in [0, 0.05) is 154 Å². The Labute approximate surface area is 606 Å². The third-order valence-electron chi connectivity index (χ3n) is 17.2. The number of rotatable bonds is 37. The number of primary amides is 1. The van der Waals surface area contributed by atoms with E-state index in [1.807, 2.05) is 45.9 Å². The number of aromatic nitrogens is 1. The Kier molecular flexibility index (Phi) is 42.7. The summed E-state index contributed by atoms with van der Waals surface area (Å²) >= 11 is 2.97. The van der Waals surface area contributed by atoms with Gasteiger partial charge in [-0.1, -0.05) is 40.2 Å². The molecule has 0 radical (unpaired) electrons. The van der Waals surface area contributed by atoms with Crippen LogP contribution in [0.15, 0.2) is 18.2 Å². The summed E-state index contributed by atoms with van der Waals surface area (Å²) in [6.07, 6.45) is 3.08. The molecule has 4 heterocycles. The summed E-state index contributed by atoms with van der Waals surface area (Å²) in [7, 11) is 0. The van der Waals surface area contributed by atoms with Gasteiger partial charge in [-0.15, -0.1) is 0 Å². The maximum Gasteiger partial charge on any atom is 0.317 e. The standard InChI is InChI=1S/C67H112N14O19S2/c1-5-48(4)61-65(95)74-53(46-102-45-50-12-8-11-49(72-50)44-101-38-16-56(84)77-67(17-32-99-33-18-67)66(96)75-52(39-47(2)3)64(94)76-61)63(93)71-21-10-31-98-35-37-100-36-34-97-30-9-20-69-54(82)14-15-55(83)73-51(62(68)92)13-6-7-19-70-57(85)40-78-22-24-79(41-58(86)87)26-28-81(43-60(90)91)29-27-80(25-23-78)42-59(88)89/h8,11-12,47-48,51-53,61H,5-7,9-10,13-46H2,1-4H3,(H2,68,92)(H,69,82)(H,70,85)(H,71,93)(H,73,83)(H,74,95)(H,75,96)(H,76,94)(H,77,84)(H,86,87)(H,88,89)(H,90,91)/t48-,51-,52-,53-,61-/m0/s1. The number of carbonyl (C=O) groups excluding carboxylic acids is 9. The van der Waals surface area contributed by atoms with E-state index in [-0.39, 0.29) is 192 Å². The Bertz CT molecular complexity index is 2780. The predicted molar refractivity (Wildman–Crippen MR) is 380 cm³/mol. The Hall–Kier alpha value is -6.83. The average Bonchev–Trinajstić information content (AvgIpc) is 0.807. The minimum Gasteiger partial charge on any atom is -0.480 e. The number of nitrogens with two attached hydrogens (primary N) is 1. The van der Waals surface area contributed by atoms with E-state index < -0.39 is 83.1 Å². The van der Waals surface area contributed by atoms with Gasteiger partial charge in [0.25, 0.3) is 0 Å². The summed E-state index contributed by atoms with van der Waals surface area (Å²) in [4.78, 5) is 167. The fraction of sp³-hybridized carbons (Fsp3) is 0.746. The number of hydrogen-bond acceptors (Lipinski definition) is 23. The first-order chi connectivity index (χ1) is 48.8. The topological polar surface area (TPSA) is 451 Å². The van der Waals surface area contributed by atoms with Crippen LogP contribution in [0, 0.1) is 11.8 Å². The van der Waals surface area contributed by atoms with Crippen molar-refractivity contribution in [2.75, 3.05) is 163 Å². The third-order valence-corrected chi connectivity index (χ3v) is 19.3. The highest BCUT2D eigenvalue weighted by Gasteiger charge is 2.43. The number of carboxylic acids is 3. The van der Waals surface area contributed by atoms with Crippen LogP contribution in [0.1, 0.15) is 116 Å². The first-order valence-electron chi connectivity index (χ1n) is 35.4. The van der Waals surface area contributed by atoms with Crippen molar-refractivity contribution in [2.24, 2.45) is 17.6 Å². The largest absolute Gasteiger partial charge is 0.480 e. The van der Waals surface area contributed by atoms with Crippen LogP contribution in [0.3, 0.4) is 0 Å². The van der Waals surface area contributed by atoms with E-state index in [1.54, 1.807) is 31.4 Å². The summed E-state index contributed by atoms with van der Waals surface area (Å²) < 4.78 is 22.6. The van der Waals surface area contributed by atoms with Gasteiger partial charge in [0.2, 0.25) is 53.2 Å². The lowest BCUT2D eigenvalue weighted by molar-refractivity contribution is -0.140. The van der Waals surface area contributed by atoms with Gasteiger partial charge in [0.05, 0.1) is 64.0 Å². The maximum atomic E-state index is 14.3. The Morgan fingerprint density at radius 1 is 0.647 bits per heavy atom. The van der Waals surface area contributed by atoms with Gasteiger partial charge in [-0.2, -0.15) is 23.5 Å². The number of aliphatic carboxylic acids is 3. The van der Waals surface area contributed by atoms with Crippen molar-refractivity contribution < 1.29 is 91.8 Å². The zero-order valence-corrected chi connectivity index (χ0v) is 61.4. The van der Waals surface area contributed by atoms with Gasteiger partial charge < -0.3 is 82.5 Å². The molecular weight excluding hydrogens is 1370 g/mol. The van der Waals surface area contributed by atoms with Crippen LogP contribution in [-0.2, 0) is 88.0 Å². The molecule has 1 spiro atoms. The lowest BCUT2D eigenvalue weighted by atomic mass is 9.87. The van der Waals surface area contributed by atoms with Crippen molar-refractivity contribution in [1.29, 1.82) is 0 Å². The Morgan fingerprint density at radius 3 is 1.70 bits per heavy atom. The monoisotopic (exact) mass is 1480 g/mol. The zero-order chi connectivity index (χ0) is 74.7. The molecule has 4 rings (SSSR count). The number of carbonyl (C=O) groups is 12. The molecule has 0 saturated carbocycles. The molecular formula is C67H112N14O19S2. The van der Waals surface area contributed by atoms with E-state index in [2.05, 4.69) is 42.5 Å². The molecule has 0 aromatic carbocycles. The van der Waals surface area contributed by atoms with Gasteiger partial charge in [-0.05, 0) is 62.5 Å². The number of unbranched alkanes of at least 4 members (excludes halogenated alkanes) is 1. The highest BCUT2D eigenvalue weighted by atomic mass is 32.2. The second-order valence-electron chi connectivity index (χ2n) is 26.1. The van der Waals surface area contributed by atoms with Crippen molar-refractivity contribution >= 4 is 94.6 Å². The third kappa shape index (κ3) is 37.0. The molecule has 576 valence electrons. The molecule has 3 aliphatic heterocycles. The van der Waals surface area contributed by atoms with Crippen LogP contribution in [-0.4, -0.2) is 303 Å². The van der Waals surface area contributed by atoms with Crippen molar-refractivity contribution in [3.63, 3.8) is 0 Å². The van der Waals surface area contributed by atoms with Crippen LogP contribution in [0.4, 0.5) is 0 Å². The van der Waals surface area contributed by atoms with Crippen LogP contribution in [0.5, 0.6) is 0 Å². The number of pyridine rings is 1. The number of ether oxygens (including phenoxy) is 4. The normalized spacial score (nSPS) is 20.1. The fourth-order valence-corrected chi connectivity index (χ4v) is 13.0. The van der Waals surface area contributed by atoms with Crippen LogP contribution >= 0.6 is 23.5 Å². The van der Waals surface area contributed by atoms with Gasteiger partial charge in [0.15, 0.2) is 0 Å². The lowest BCUT2D eigenvalue weighted by Crippen LogP contribution is -2.65. The molecule has 0 unspecified atom stereocenters. The summed E-state index contributed by atoms with van der Waals surface area (Å²) in [6.45, 7) is 11.8.